The number of benzene rings is 3. The predicted molar refractivity (Wildman–Crippen MR) is 126 cm³/mol. The molecule has 1 aliphatic heterocycles. The van der Waals surface area contributed by atoms with Crippen LogP contribution in [0.3, 0.4) is 0 Å². The Morgan fingerprint density at radius 3 is 2.19 bits per heavy atom. The summed E-state index contributed by atoms with van der Waals surface area (Å²) in [5.74, 6) is -0.657. The smallest absolute Gasteiger partial charge is 0.282 e. The zero-order chi connectivity index (χ0) is 22.1. The van der Waals surface area contributed by atoms with Crippen LogP contribution in [-0.2, 0) is 16.0 Å². The van der Waals surface area contributed by atoms with Crippen LogP contribution in [-0.4, -0.2) is 11.8 Å². The third-order valence-electron chi connectivity index (χ3n) is 5.77. The number of rotatable bonds is 5. The molecule has 4 heteroatoms. The van der Waals surface area contributed by atoms with Crippen LogP contribution in [0.4, 0.5) is 11.4 Å². The minimum Gasteiger partial charge on any atom is -0.350 e. The van der Waals surface area contributed by atoms with Crippen LogP contribution in [0.2, 0.25) is 0 Å². The van der Waals surface area contributed by atoms with Crippen molar-refractivity contribution in [3.8, 4) is 0 Å². The molecule has 0 unspecified atom stereocenters. The van der Waals surface area contributed by atoms with Crippen LogP contribution in [0, 0.1) is 20.8 Å². The Balaban J connectivity index is 1.82. The van der Waals surface area contributed by atoms with Crippen LogP contribution >= 0.6 is 0 Å². The molecule has 4 nitrogen and oxygen atoms in total. The first-order valence-electron chi connectivity index (χ1n) is 10.5. The van der Waals surface area contributed by atoms with Gasteiger partial charge >= 0.3 is 0 Å². The highest BCUT2D eigenvalue weighted by atomic mass is 16.2. The van der Waals surface area contributed by atoms with Crippen LogP contribution in [0.1, 0.15) is 34.7 Å². The molecule has 0 bridgehead atoms. The third-order valence-corrected chi connectivity index (χ3v) is 5.77. The van der Waals surface area contributed by atoms with Crippen LogP contribution in [0.15, 0.2) is 72.4 Å². The largest absolute Gasteiger partial charge is 0.350 e. The number of carbonyl (C=O) groups excluding carboxylic acids is 2. The number of carbonyl (C=O) groups is 2. The molecule has 2 amide bonds. The maximum Gasteiger partial charge on any atom is 0.282 e. The van der Waals surface area contributed by atoms with Gasteiger partial charge < -0.3 is 5.32 Å². The fourth-order valence-electron chi connectivity index (χ4n) is 3.78. The maximum atomic E-state index is 13.5. The first-order chi connectivity index (χ1) is 14.9. The summed E-state index contributed by atoms with van der Waals surface area (Å²) in [6, 6.07) is 21.2. The maximum absolute atomic E-state index is 13.5. The van der Waals surface area contributed by atoms with Gasteiger partial charge in [0, 0.05) is 5.69 Å². The molecule has 0 fully saturated rings. The van der Waals surface area contributed by atoms with Gasteiger partial charge in [0.25, 0.3) is 11.8 Å². The van der Waals surface area contributed by atoms with Crippen molar-refractivity contribution in [1.82, 2.24) is 0 Å². The number of anilines is 2. The molecule has 0 aliphatic carbocycles. The molecule has 0 saturated heterocycles. The van der Waals surface area contributed by atoms with Crippen LogP contribution in [0.5, 0.6) is 0 Å². The minimum absolute atomic E-state index is 0.305. The predicted octanol–water partition coefficient (Wildman–Crippen LogP) is 5.57. The number of nitrogens with one attached hydrogen (secondary N) is 1. The molecule has 0 spiro atoms. The summed E-state index contributed by atoms with van der Waals surface area (Å²) in [5.41, 5.74) is 7.21. The normalized spacial score (nSPS) is 13.9. The molecular formula is C27H26N2O2. The zero-order valence-electron chi connectivity index (χ0n) is 18.3. The molecule has 0 aromatic heterocycles. The first kappa shape index (κ1) is 20.6. The second-order valence-corrected chi connectivity index (χ2v) is 8.01. The number of aryl methyl sites for hydroxylation is 4. The van der Waals surface area contributed by atoms with E-state index in [0.29, 0.717) is 17.0 Å². The van der Waals surface area contributed by atoms with Gasteiger partial charge in [-0.05, 0) is 79.3 Å². The van der Waals surface area contributed by atoms with E-state index in [1.54, 1.807) is 6.07 Å². The molecule has 1 aliphatic rings. The minimum atomic E-state index is -0.344. The highest BCUT2D eigenvalue weighted by molar-refractivity contribution is 6.46. The lowest BCUT2D eigenvalue weighted by molar-refractivity contribution is -0.120. The van der Waals surface area contributed by atoms with Crippen LogP contribution in [0.25, 0.3) is 5.57 Å². The molecule has 31 heavy (non-hydrogen) atoms. The molecule has 3 aromatic rings. The van der Waals surface area contributed by atoms with E-state index in [4.69, 9.17) is 0 Å². The fourth-order valence-corrected chi connectivity index (χ4v) is 3.78. The highest BCUT2D eigenvalue weighted by Gasteiger charge is 2.40. The number of imide groups is 1. The van der Waals surface area contributed by atoms with E-state index in [1.807, 2.05) is 81.4 Å². The average Bonchev–Trinajstić information content (AvgIpc) is 3.00. The van der Waals surface area contributed by atoms with Crippen molar-refractivity contribution in [1.29, 1.82) is 0 Å². The van der Waals surface area contributed by atoms with E-state index in [9.17, 15) is 9.59 Å². The Bertz CT molecular complexity index is 1210. The molecule has 1 N–H and O–H groups in total. The quantitative estimate of drug-likeness (QED) is 0.559. The Morgan fingerprint density at radius 1 is 0.806 bits per heavy atom. The number of nitrogens with zero attached hydrogens (tertiary/aromatic N) is 1. The lowest BCUT2D eigenvalue weighted by Gasteiger charge is -2.16. The SMILES string of the molecule is CCc1ccc(NC2=C(c3ccc(C)c(C)c3)C(=O)N(c3cccc(C)c3)C2=O)cc1. The number of hydrogen-bond acceptors (Lipinski definition) is 3. The first-order valence-corrected chi connectivity index (χ1v) is 10.5. The van der Waals surface area contributed by atoms with Gasteiger partial charge in [-0.25, -0.2) is 4.90 Å². The van der Waals surface area contributed by atoms with Crippen LogP contribution < -0.4 is 10.2 Å². The van der Waals surface area contributed by atoms with Crippen molar-refractivity contribution in [3.63, 3.8) is 0 Å². The molecule has 4 rings (SSSR count). The Hall–Kier alpha value is -3.66. The molecule has 1 heterocycles. The summed E-state index contributed by atoms with van der Waals surface area (Å²) < 4.78 is 0. The summed E-state index contributed by atoms with van der Waals surface area (Å²) in [7, 11) is 0. The monoisotopic (exact) mass is 410 g/mol. The van der Waals surface area contributed by atoms with E-state index in [-0.39, 0.29) is 11.8 Å². The summed E-state index contributed by atoms with van der Waals surface area (Å²) in [6.07, 6.45) is 0.940. The van der Waals surface area contributed by atoms with Crippen molar-refractivity contribution in [2.45, 2.75) is 34.1 Å². The second kappa shape index (κ2) is 8.23. The second-order valence-electron chi connectivity index (χ2n) is 8.01. The summed E-state index contributed by atoms with van der Waals surface area (Å²) in [4.78, 5) is 28.3. The van der Waals surface area contributed by atoms with Gasteiger partial charge in [-0.15, -0.1) is 0 Å². The van der Waals surface area contributed by atoms with E-state index in [0.717, 1.165) is 34.4 Å². The molecule has 0 radical (unpaired) electrons. The third kappa shape index (κ3) is 3.89. The molecule has 156 valence electrons. The zero-order valence-corrected chi connectivity index (χ0v) is 18.3. The van der Waals surface area contributed by atoms with Gasteiger partial charge in [-0.2, -0.15) is 0 Å². The number of amides is 2. The standard InChI is InChI=1S/C27H26N2O2/c1-5-20-10-13-22(14-11-20)28-25-24(21-12-9-18(3)19(4)16-21)26(30)29(27(25)31)23-8-6-7-17(2)15-23/h6-16,28H,5H2,1-4H3. The molecule has 0 saturated carbocycles. The molecular weight excluding hydrogens is 384 g/mol. The van der Waals surface area contributed by atoms with Gasteiger partial charge in [-0.1, -0.05) is 49.4 Å². The van der Waals surface area contributed by atoms with Gasteiger partial charge in [0.05, 0.1) is 11.3 Å². The summed E-state index contributed by atoms with van der Waals surface area (Å²) in [6.45, 7) is 8.08. The topological polar surface area (TPSA) is 49.4 Å². The van der Waals surface area contributed by atoms with E-state index in [2.05, 4.69) is 12.2 Å². The Kier molecular flexibility index (Phi) is 5.47. The van der Waals surface area contributed by atoms with Gasteiger partial charge in [0.2, 0.25) is 0 Å². The van der Waals surface area contributed by atoms with Crippen molar-refractivity contribution in [3.05, 3.63) is 100 Å². The van der Waals surface area contributed by atoms with E-state index >= 15 is 0 Å². The van der Waals surface area contributed by atoms with Gasteiger partial charge in [-0.3, -0.25) is 9.59 Å². The lowest BCUT2D eigenvalue weighted by Crippen LogP contribution is -2.32. The number of hydrogen-bond donors (Lipinski definition) is 1. The van der Waals surface area contributed by atoms with E-state index < -0.39 is 0 Å². The van der Waals surface area contributed by atoms with E-state index in [1.165, 1.54) is 10.5 Å². The molecule has 3 aromatic carbocycles. The summed E-state index contributed by atoms with van der Waals surface area (Å²) >= 11 is 0. The molecule has 0 atom stereocenters. The highest BCUT2D eigenvalue weighted by Crippen LogP contribution is 2.34. The average molecular weight is 411 g/mol. The van der Waals surface area contributed by atoms with Crippen molar-refractivity contribution < 1.29 is 9.59 Å². The van der Waals surface area contributed by atoms with Crippen molar-refractivity contribution in [2.75, 3.05) is 10.2 Å². The Labute approximate surface area is 183 Å². The van der Waals surface area contributed by atoms with Gasteiger partial charge in [0.15, 0.2) is 0 Å². The summed E-state index contributed by atoms with van der Waals surface area (Å²) in [5, 5.41) is 3.24. The van der Waals surface area contributed by atoms with Gasteiger partial charge in [0.1, 0.15) is 5.70 Å². The Morgan fingerprint density at radius 2 is 1.55 bits per heavy atom. The van der Waals surface area contributed by atoms with Crippen molar-refractivity contribution >= 4 is 28.8 Å². The van der Waals surface area contributed by atoms with Crippen molar-refractivity contribution in [2.24, 2.45) is 0 Å². The lowest BCUT2D eigenvalue weighted by atomic mass is 9.99. The fraction of sp³-hybridized carbons (Fsp3) is 0.185.